The van der Waals surface area contributed by atoms with Crippen molar-refractivity contribution in [3.05, 3.63) is 106 Å². The Morgan fingerprint density at radius 1 is 1.15 bits per heavy atom. The third kappa shape index (κ3) is 6.72. The number of nitrogens with one attached hydrogen (secondary N) is 1. The second-order valence-electron chi connectivity index (χ2n) is 9.28. The highest BCUT2D eigenvalue weighted by Gasteiger charge is 2.19. The van der Waals surface area contributed by atoms with Crippen molar-refractivity contribution >= 4 is 35.2 Å². The molecule has 7 nitrogen and oxygen atoms in total. The summed E-state index contributed by atoms with van der Waals surface area (Å²) in [7, 11) is 0. The molecule has 202 valence electrons. The molecule has 0 aliphatic carbocycles. The number of carbonyl (C=O) groups excluding carboxylic acids is 1. The Labute approximate surface area is 242 Å². The molecule has 0 unspecified atom stereocenters. The van der Waals surface area contributed by atoms with Crippen LogP contribution in [-0.4, -0.2) is 34.9 Å². The van der Waals surface area contributed by atoms with Gasteiger partial charge in [0.15, 0.2) is 0 Å². The normalized spacial score (nSPS) is 15.0. The van der Waals surface area contributed by atoms with Crippen molar-refractivity contribution in [1.29, 1.82) is 5.26 Å². The molecule has 1 amide bonds. The van der Waals surface area contributed by atoms with E-state index in [4.69, 9.17) is 37.8 Å². The predicted molar refractivity (Wildman–Crippen MR) is 155 cm³/mol. The Hall–Kier alpha value is -4.09. The van der Waals surface area contributed by atoms with Gasteiger partial charge in [-0.2, -0.15) is 10.4 Å². The number of halogens is 2. The molecule has 1 aromatic heterocycles. The van der Waals surface area contributed by atoms with Gasteiger partial charge >= 0.3 is 0 Å². The highest BCUT2D eigenvalue weighted by Crippen LogP contribution is 2.29. The Kier molecular flexibility index (Phi) is 8.82. The molecule has 0 radical (unpaired) electrons. The van der Waals surface area contributed by atoms with E-state index in [-0.39, 0.29) is 11.7 Å². The second kappa shape index (κ2) is 12.8. The van der Waals surface area contributed by atoms with Crippen LogP contribution in [0.1, 0.15) is 24.0 Å². The quantitative estimate of drug-likeness (QED) is 0.179. The molecule has 1 atom stereocenters. The number of hydrogen-bond donors (Lipinski definition) is 1. The molecule has 1 aliphatic rings. The number of benzene rings is 3. The van der Waals surface area contributed by atoms with Crippen LogP contribution in [0.15, 0.2) is 84.6 Å². The number of aromatic nitrogens is 2. The van der Waals surface area contributed by atoms with Crippen LogP contribution in [0.5, 0.6) is 5.75 Å². The average molecular weight is 573 g/mol. The topological polar surface area (TPSA) is 89.2 Å². The summed E-state index contributed by atoms with van der Waals surface area (Å²) in [5.74, 6) is 0.210. The summed E-state index contributed by atoms with van der Waals surface area (Å²) < 4.78 is 13.2. The van der Waals surface area contributed by atoms with Crippen molar-refractivity contribution in [3.63, 3.8) is 0 Å². The lowest BCUT2D eigenvalue weighted by atomic mass is 10.1. The fraction of sp³-hybridized carbons (Fsp3) is 0.194. The minimum atomic E-state index is -0.444. The van der Waals surface area contributed by atoms with E-state index in [2.05, 4.69) is 5.32 Å². The maximum Gasteiger partial charge on any atom is 0.262 e. The molecule has 1 fully saturated rings. The third-order valence-corrected chi connectivity index (χ3v) is 7.07. The number of hydrogen-bond acceptors (Lipinski definition) is 5. The zero-order valence-electron chi connectivity index (χ0n) is 21.5. The van der Waals surface area contributed by atoms with Gasteiger partial charge in [0.2, 0.25) is 0 Å². The van der Waals surface area contributed by atoms with Crippen LogP contribution in [-0.2, 0) is 16.1 Å². The summed E-state index contributed by atoms with van der Waals surface area (Å²) in [6, 6.07) is 24.4. The molecule has 40 heavy (non-hydrogen) atoms. The number of nitriles is 1. The van der Waals surface area contributed by atoms with Crippen molar-refractivity contribution in [2.24, 2.45) is 0 Å². The summed E-state index contributed by atoms with van der Waals surface area (Å²) in [4.78, 5) is 12.8. The standard InChI is InChI=1S/C31H26Cl2N4O3/c32-25-11-8-22(29(33)16-25)20-40-27-12-9-21(10-13-27)30-24(19-37(36-30)26-5-2-1-3-6-26)15-23(17-34)31(38)35-18-28-7-4-14-39-28/h1-3,5-6,8-13,15-16,19,28H,4,7,14,18,20H2,(H,35,38)/b23-15+/t28-/m0/s1. The zero-order chi connectivity index (χ0) is 27.9. The molecule has 1 N–H and O–H groups in total. The number of rotatable bonds is 9. The third-order valence-electron chi connectivity index (χ3n) is 6.48. The van der Waals surface area contributed by atoms with Gasteiger partial charge in [0.1, 0.15) is 24.0 Å². The predicted octanol–water partition coefficient (Wildman–Crippen LogP) is 6.63. The van der Waals surface area contributed by atoms with Gasteiger partial charge in [0.05, 0.1) is 17.5 Å². The first-order chi connectivity index (χ1) is 19.5. The maximum atomic E-state index is 12.8. The Balaban J connectivity index is 1.39. The van der Waals surface area contributed by atoms with Gasteiger partial charge in [-0.05, 0) is 67.4 Å². The molecule has 3 aromatic carbocycles. The molecule has 0 spiro atoms. The first-order valence-electron chi connectivity index (χ1n) is 12.8. The summed E-state index contributed by atoms with van der Waals surface area (Å²) in [5, 5.41) is 18.5. The smallest absolute Gasteiger partial charge is 0.262 e. The minimum absolute atomic E-state index is 0.00773. The van der Waals surface area contributed by atoms with Gasteiger partial charge in [0, 0.05) is 46.1 Å². The number of ether oxygens (including phenoxy) is 2. The van der Waals surface area contributed by atoms with Crippen molar-refractivity contribution in [3.8, 4) is 28.8 Å². The van der Waals surface area contributed by atoms with Crippen molar-refractivity contribution in [1.82, 2.24) is 15.1 Å². The summed E-state index contributed by atoms with van der Waals surface area (Å²) in [6.45, 7) is 1.36. The molecule has 0 bridgehead atoms. The van der Waals surface area contributed by atoms with Gasteiger partial charge in [-0.25, -0.2) is 4.68 Å². The highest BCUT2D eigenvalue weighted by molar-refractivity contribution is 6.35. The van der Waals surface area contributed by atoms with Gasteiger partial charge < -0.3 is 14.8 Å². The zero-order valence-corrected chi connectivity index (χ0v) is 23.0. The van der Waals surface area contributed by atoms with Crippen LogP contribution in [0.2, 0.25) is 10.0 Å². The Bertz CT molecular complexity index is 1550. The van der Waals surface area contributed by atoms with E-state index in [0.29, 0.717) is 46.8 Å². The van der Waals surface area contributed by atoms with Crippen molar-refractivity contribution < 1.29 is 14.3 Å². The summed E-state index contributed by atoms with van der Waals surface area (Å²) in [5.41, 5.74) is 3.72. The summed E-state index contributed by atoms with van der Waals surface area (Å²) >= 11 is 12.2. The van der Waals surface area contributed by atoms with Gasteiger partial charge in [-0.3, -0.25) is 4.79 Å². The van der Waals surface area contributed by atoms with Crippen LogP contribution >= 0.6 is 23.2 Å². The van der Waals surface area contributed by atoms with Crippen LogP contribution in [0.25, 0.3) is 23.0 Å². The first kappa shape index (κ1) is 27.5. The molecule has 1 saturated heterocycles. The van der Waals surface area contributed by atoms with Gasteiger partial charge in [0.25, 0.3) is 5.91 Å². The molecule has 5 rings (SSSR count). The summed E-state index contributed by atoms with van der Waals surface area (Å²) in [6.07, 6.45) is 5.23. The monoisotopic (exact) mass is 572 g/mol. The highest BCUT2D eigenvalue weighted by atomic mass is 35.5. The van der Waals surface area contributed by atoms with E-state index < -0.39 is 5.91 Å². The molecular weight excluding hydrogens is 547 g/mol. The van der Waals surface area contributed by atoms with Crippen molar-refractivity contribution in [2.75, 3.05) is 13.2 Å². The number of amides is 1. The molecule has 4 aromatic rings. The first-order valence-corrected chi connectivity index (χ1v) is 13.6. The van der Waals surface area contributed by atoms with E-state index in [1.54, 1.807) is 22.9 Å². The Morgan fingerprint density at radius 2 is 1.95 bits per heavy atom. The van der Waals surface area contributed by atoms with Gasteiger partial charge in [-0.15, -0.1) is 0 Å². The van der Waals surface area contributed by atoms with E-state index in [0.717, 1.165) is 29.7 Å². The lowest BCUT2D eigenvalue weighted by Crippen LogP contribution is -2.32. The molecule has 1 aliphatic heterocycles. The molecule has 2 heterocycles. The maximum absolute atomic E-state index is 12.8. The van der Waals surface area contributed by atoms with E-state index in [9.17, 15) is 10.1 Å². The second-order valence-corrected chi connectivity index (χ2v) is 10.1. The number of carbonyl (C=O) groups is 1. The van der Waals surface area contributed by atoms with Crippen LogP contribution in [0, 0.1) is 11.3 Å². The fourth-order valence-corrected chi connectivity index (χ4v) is 4.81. The number of para-hydroxylation sites is 1. The molecule has 9 heteroatoms. The molecular formula is C31H26Cl2N4O3. The van der Waals surface area contributed by atoms with E-state index >= 15 is 0 Å². The Morgan fingerprint density at radius 3 is 2.65 bits per heavy atom. The van der Waals surface area contributed by atoms with Crippen LogP contribution in [0.3, 0.4) is 0 Å². The number of nitrogens with zero attached hydrogens (tertiary/aromatic N) is 3. The van der Waals surface area contributed by atoms with Crippen LogP contribution < -0.4 is 10.1 Å². The van der Waals surface area contributed by atoms with E-state index in [1.807, 2.05) is 72.9 Å². The van der Waals surface area contributed by atoms with E-state index in [1.165, 1.54) is 0 Å². The van der Waals surface area contributed by atoms with Crippen LogP contribution in [0.4, 0.5) is 0 Å². The average Bonchev–Trinajstić information content (AvgIpc) is 3.65. The lowest BCUT2D eigenvalue weighted by molar-refractivity contribution is -0.117. The lowest BCUT2D eigenvalue weighted by Gasteiger charge is -2.10. The fourth-order valence-electron chi connectivity index (χ4n) is 4.35. The largest absolute Gasteiger partial charge is 0.489 e. The SMILES string of the molecule is N#C/C(=C\c1cn(-c2ccccc2)nc1-c1ccc(OCc2ccc(Cl)cc2Cl)cc1)C(=O)NC[C@@H]1CCCO1. The minimum Gasteiger partial charge on any atom is -0.489 e. The van der Waals surface area contributed by atoms with Crippen molar-refractivity contribution in [2.45, 2.75) is 25.6 Å². The van der Waals surface area contributed by atoms with Gasteiger partial charge in [-0.1, -0.05) is 47.5 Å². The molecule has 0 saturated carbocycles.